The summed E-state index contributed by atoms with van der Waals surface area (Å²) in [5, 5.41) is 13.7. The van der Waals surface area contributed by atoms with E-state index in [0.717, 1.165) is 5.56 Å². The molecular weight excluding hydrogens is 228 g/mol. The minimum absolute atomic E-state index is 0.118. The Morgan fingerprint density at radius 1 is 1.28 bits per heavy atom. The highest BCUT2D eigenvalue weighted by atomic mass is 16.5. The van der Waals surface area contributed by atoms with E-state index in [0.29, 0.717) is 24.6 Å². The minimum atomic E-state index is -0.435. The number of hydrogen-bond donors (Lipinski definition) is 1. The maximum atomic E-state index is 9.75. The van der Waals surface area contributed by atoms with E-state index in [2.05, 4.69) is 10.1 Å². The molecule has 1 aromatic heterocycles. The first kappa shape index (κ1) is 12.8. The Labute approximate surface area is 107 Å². The van der Waals surface area contributed by atoms with Crippen molar-refractivity contribution in [1.82, 2.24) is 10.1 Å². The Morgan fingerprint density at radius 3 is 2.67 bits per heavy atom. The summed E-state index contributed by atoms with van der Waals surface area (Å²) in [4.78, 5) is 4.34. The van der Waals surface area contributed by atoms with Gasteiger partial charge in [0.2, 0.25) is 5.89 Å². The average molecular weight is 246 g/mol. The molecule has 2 rings (SSSR count). The van der Waals surface area contributed by atoms with Crippen molar-refractivity contribution >= 4 is 0 Å². The van der Waals surface area contributed by atoms with Gasteiger partial charge in [-0.25, -0.2) is 0 Å². The first-order valence-corrected chi connectivity index (χ1v) is 6.25. The predicted molar refractivity (Wildman–Crippen MR) is 68.3 cm³/mol. The van der Waals surface area contributed by atoms with Crippen LogP contribution in [0.4, 0.5) is 0 Å². The fraction of sp³-hybridized carbons (Fsp3) is 0.429. The summed E-state index contributed by atoms with van der Waals surface area (Å²) in [6.45, 7) is 3.83. The highest BCUT2D eigenvalue weighted by Gasteiger charge is 2.20. The van der Waals surface area contributed by atoms with Crippen LogP contribution in [-0.2, 0) is 6.42 Å². The topological polar surface area (TPSA) is 59.2 Å². The third-order valence-electron chi connectivity index (χ3n) is 3.07. The van der Waals surface area contributed by atoms with Gasteiger partial charge in [-0.1, -0.05) is 49.3 Å². The molecular formula is C14H18N2O2. The molecule has 0 aliphatic carbocycles. The normalized spacial score (nSPS) is 14.4. The zero-order valence-electron chi connectivity index (χ0n) is 10.7. The fourth-order valence-corrected chi connectivity index (χ4v) is 1.82. The molecule has 2 atom stereocenters. The van der Waals surface area contributed by atoms with Crippen molar-refractivity contribution in [2.75, 3.05) is 0 Å². The zero-order valence-corrected chi connectivity index (χ0v) is 10.7. The van der Waals surface area contributed by atoms with Crippen LogP contribution in [-0.4, -0.2) is 21.4 Å². The summed E-state index contributed by atoms with van der Waals surface area (Å²) in [6, 6.07) is 10.0. The summed E-state index contributed by atoms with van der Waals surface area (Å²) in [5.41, 5.74) is 1.15. The molecule has 2 unspecified atom stereocenters. The van der Waals surface area contributed by atoms with Crippen LogP contribution in [0.2, 0.25) is 0 Å². The highest BCUT2D eigenvalue weighted by Crippen LogP contribution is 2.19. The van der Waals surface area contributed by atoms with Crippen LogP contribution in [0.1, 0.15) is 43.5 Å². The number of aromatic nitrogens is 2. The van der Waals surface area contributed by atoms with E-state index in [1.165, 1.54) is 0 Å². The Morgan fingerprint density at radius 2 is 2.00 bits per heavy atom. The van der Waals surface area contributed by atoms with Crippen molar-refractivity contribution in [3.63, 3.8) is 0 Å². The summed E-state index contributed by atoms with van der Waals surface area (Å²) in [5.74, 6) is 1.05. The molecule has 0 amide bonds. The molecule has 0 fully saturated rings. The van der Waals surface area contributed by atoms with Gasteiger partial charge in [-0.3, -0.25) is 0 Å². The van der Waals surface area contributed by atoms with Crippen LogP contribution in [0.3, 0.4) is 0 Å². The lowest BCUT2D eigenvalue weighted by atomic mass is 10.0. The molecule has 0 spiro atoms. The first-order chi connectivity index (χ1) is 8.70. The molecule has 4 heteroatoms. The maximum Gasteiger partial charge on any atom is 0.232 e. The van der Waals surface area contributed by atoms with E-state index >= 15 is 0 Å². The van der Waals surface area contributed by atoms with E-state index in [1.54, 1.807) is 0 Å². The molecule has 0 aliphatic rings. The lowest BCUT2D eigenvalue weighted by Gasteiger charge is -2.11. The average Bonchev–Trinajstić information content (AvgIpc) is 2.86. The Bertz CT molecular complexity index is 482. The number of aliphatic hydroxyl groups is 1. The molecule has 0 saturated heterocycles. The molecule has 1 N–H and O–H groups in total. The van der Waals surface area contributed by atoms with Gasteiger partial charge in [-0.15, -0.1) is 0 Å². The molecule has 1 heterocycles. The van der Waals surface area contributed by atoms with Crippen LogP contribution in [0, 0.1) is 0 Å². The smallest absolute Gasteiger partial charge is 0.232 e. The van der Waals surface area contributed by atoms with Crippen molar-refractivity contribution in [3.05, 3.63) is 47.6 Å². The van der Waals surface area contributed by atoms with Gasteiger partial charge >= 0.3 is 0 Å². The molecule has 0 bridgehead atoms. The molecule has 0 radical (unpaired) electrons. The monoisotopic (exact) mass is 246 g/mol. The van der Waals surface area contributed by atoms with Crippen molar-refractivity contribution in [1.29, 1.82) is 0 Å². The van der Waals surface area contributed by atoms with Crippen LogP contribution >= 0.6 is 0 Å². The van der Waals surface area contributed by atoms with Gasteiger partial charge in [0.15, 0.2) is 5.82 Å². The van der Waals surface area contributed by atoms with Crippen molar-refractivity contribution in [2.45, 2.75) is 38.7 Å². The van der Waals surface area contributed by atoms with Gasteiger partial charge in [-0.2, -0.15) is 4.98 Å². The van der Waals surface area contributed by atoms with Gasteiger partial charge in [0.05, 0.1) is 12.0 Å². The minimum Gasteiger partial charge on any atom is -0.392 e. The Kier molecular flexibility index (Phi) is 4.10. The second-order valence-electron chi connectivity index (χ2n) is 4.48. The number of nitrogens with zero attached hydrogens (tertiary/aromatic N) is 2. The van der Waals surface area contributed by atoms with Crippen LogP contribution in [0.25, 0.3) is 0 Å². The molecule has 96 valence electrons. The van der Waals surface area contributed by atoms with E-state index in [1.807, 2.05) is 44.2 Å². The Balaban J connectivity index is 2.07. The van der Waals surface area contributed by atoms with E-state index in [4.69, 9.17) is 4.52 Å². The van der Waals surface area contributed by atoms with Crippen molar-refractivity contribution < 1.29 is 9.63 Å². The van der Waals surface area contributed by atoms with Crippen molar-refractivity contribution in [3.8, 4) is 0 Å². The van der Waals surface area contributed by atoms with E-state index in [-0.39, 0.29) is 5.92 Å². The summed E-state index contributed by atoms with van der Waals surface area (Å²) < 4.78 is 5.20. The quantitative estimate of drug-likeness (QED) is 0.880. The van der Waals surface area contributed by atoms with E-state index < -0.39 is 6.10 Å². The standard InChI is InChI=1S/C14H18N2O2/c1-3-12(17)10(2)14-15-13(16-18-14)9-11-7-5-4-6-8-11/h4-8,10,12,17H,3,9H2,1-2H3. The van der Waals surface area contributed by atoms with Crippen LogP contribution in [0.5, 0.6) is 0 Å². The number of benzene rings is 1. The lowest BCUT2D eigenvalue weighted by Crippen LogP contribution is -2.14. The third kappa shape index (κ3) is 2.96. The SMILES string of the molecule is CCC(O)C(C)c1nc(Cc2ccccc2)no1. The first-order valence-electron chi connectivity index (χ1n) is 6.25. The van der Waals surface area contributed by atoms with Crippen molar-refractivity contribution in [2.24, 2.45) is 0 Å². The molecule has 1 aromatic carbocycles. The summed E-state index contributed by atoms with van der Waals surface area (Å²) in [7, 11) is 0. The molecule has 0 saturated carbocycles. The third-order valence-corrected chi connectivity index (χ3v) is 3.07. The van der Waals surface area contributed by atoms with Gasteiger partial charge in [0.25, 0.3) is 0 Å². The summed E-state index contributed by atoms with van der Waals surface area (Å²) >= 11 is 0. The van der Waals surface area contributed by atoms with Crippen LogP contribution in [0.15, 0.2) is 34.9 Å². The molecule has 4 nitrogen and oxygen atoms in total. The van der Waals surface area contributed by atoms with Gasteiger partial charge in [0, 0.05) is 6.42 Å². The molecule has 2 aromatic rings. The zero-order chi connectivity index (χ0) is 13.0. The van der Waals surface area contributed by atoms with Gasteiger partial charge in [-0.05, 0) is 12.0 Å². The lowest BCUT2D eigenvalue weighted by molar-refractivity contribution is 0.129. The number of rotatable bonds is 5. The maximum absolute atomic E-state index is 9.75. The number of hydrogen-bond acceptors (Lipinski definition) is 4. The molecule has 18 heavy (non-hydrogen) atoms. The largest absolute Gasteiger partial charge is 0.392 e. The van der Waals surface area contributed by atoms with Crippen LogP contribution < -0.4 is 0 Å². The van der Waals surface area contributed by atoms with E-state index in [9.17, 15) is 5.11 Å². The second-order valence-corrected chi connectivity index (χ2v) is 4.48. The molecule has 0 aliphatic heterocycles. The fourth-order valence-electron chi connectivity index (χ4n) is 1.82. The predicted octanol–water partition coefficient (Wildman–Crippen LogP) is 2.53. The second kappa shape index (κ2) is 5.78. The summed E-state index contributed by atoms with van der Waals surface area (Å²) in [6.07, 6.45) is 0.895. The van der Waals surface area contributed by atoms with Gasteiger partial charge < -0.3 is 9.63 Å². The number of aliphatic hydroxyl groups excluding tert-OH is 1. The van der Waals surface area contributed by atoms with Gasteiger partial charge in [0.1, 0.15) is 0 Å². The Hall–Kier alpha value is -1.68. The highest BCUT2D eigenvalue weighted by molar-refractivity contribution is 5.18.